The molecule has 100 valence electrons. The molecule has 0 aliphatic heterocycles. The molecule has 0 unspecified atom stereocenters. The zero-order chi connectivity index (χ0) is 13.1. The molecule has 18 heavy (non-hydrogen) atoms. The van der Waals surface area contributed by atoms with Crippen molar-refractivity contribution < 1.29 is 0 Å². The minimum absolute atomic E-state index is 0.237. The summed E-state index contributed by atoms with van der Waals surface area (Å²) in [6, 6.07) is 2.06. The van der Waals surface area contributed by atoms with E-state index in [2.05, 4.69) is 5.32 Å². The van der Waals surface area contributed by atoms with Crippen LogP contribution in [0.15, 0.2) is 15.7 Å². The molecule has 0 atom stereocenters. The third-order valence-corrected chi connectivity index (χ3v) is 3.80. The Morgan fingerprint density at radius 2 is 1.83 bits per heavy atom. The maximum absolute atomic E-state index is 11.8. The number of nitrogens with one attached hydrogen (secondary N) is 1. The van der Waals surface area contributed by atoms with Crippen molar-refractivity contribution in [1.29, 1.82) is 0 Å². The molecule has 5 nitrogen and oxygen atoms in total. The Morgan fingerprint density at radius 3 is 2.50 bits per heavy atom. The quantitative estimate of drug-likeness (QED) is 0.851. The van der Waals surface area contributed by atoms with Gasteiger partial charge in [-0.15, -0.1) is 0 Å². The maximum Gasteiger partial charge on any atom is 0.330 e. The van der Waals surface area contributed by atoms with Crippen LogP contribution in [0.5, 0.6) is 0 Å². The lowest BCUT2D eigenvalue weighted by molar-refractivity contribution is 0.368. The highest BCUT2D eigenvalue weighted by Crippen LogP contribution is 2.17. The van der Waals surface area contributed by atoms with Crippen molar-refractivity contribution in [2.24, 2.45) is 14.1 Å². The first-order valence-corrected chi connectivity index (χ1v) is 6.59. The second-order valence-electron chi connectivity index (χ2n) is 5.09. The molecule has 0 amide bonds. The van der Waals surface area contributed by atoms with Crippen molar-refractivity contribution in [1.82, 2.24) is 14.5 Å². The molecule has 1 saturated carbocycles. The van der Waals surface area contributed by atoms with Crippen LogP contribution in [-0.4, -0.2) is 15.2 Å². The molecular formula is C13H21N3O2. The van der Waals surface area contributed by atoms with Gasteiger partial charge in [0, 0.05) is 38.4 Å². The van der Waals surface area contributed by atoms with Crippen molar-refractivity contribution in [2.45, 2.75) is 44.7 Å². The molecular weight excluding hydrogens is 230 g/mol. The number of aromatic nitrogens is 2. The second-order valence-corrected chi connectivity index (χ2v) is 5.09. The lowest BCUT2D eigenvalue weighted by Gasteiger charge is -2.23. The fourth-order valence-electron chi connectivity index (χ4n) is 2.50. The smallest absolute Gasteiger partial charge is 0.308 e. The maximum atomic E-state index is 11.8. The Balaban J connectivity index is 2.10. The van der Waals surface area contributed by atoms with Crippen LogP contribution < -0.4 is 16.6 Å². The van der Waals surface area contributed by atoms with Gasteiger partial charge in [-0.1, -0.05) is 19.3 Å². The van der Waals surface area contributed by atoms with Gasteiger partial charge in [0.2, 0.25) is 0 Å². The van der Waals surface area contributed by atoms with Gasteiger partial charge in [0.25, 0.3) is 5.56 Å². The summed E-state index contributed by atoms with van der Waals surface area (Å²) in [7, 11) is 3.21. The zero-order valence-corrected chi connectivity index (χ0v) is 11.1. The summed E-state index contributed by atoms with van der Waals surface area (Å²) in [6.45, 7) is 0.590. The summed E-state index contributed by atoms with van der Waals surface area (Å²) < 4.78 is 2.67. The molecule has 2 rings (SSSR count). The fraction of sp³-hybridized carbons (Fsp3) is 0.692. The first-order valence-electron chi connectivity index (χ1n) is 6.59. The first kappa shape index (κ1) is 13.1. The van der Waals surface area contributed by atoms with Crippen molar-refractivity contribution in [2.75, 3.05) is 0 Å². The predicted octanol–water partition coefficient (Wildman–Crippen LogP) is 0.506. The van der Waals surface area contributed by atoms with Gasteiger partial charge in [0.15, 0.2) is 0 Å². The zero-order valence-electron chi connectivity index (χ0n) is 11.1. The van der Waals surface area contributed by atoms with Crippen LogP contribution in [0, 0.1) is 0 Å². The van der Waals surface area contributed by atoms with Gasteiger partial charge in [-0.2, -0.15) is 0 Å². The molecule has 1 fully saturated rings. The van der Waals surface area contributed by atoms with E-state index < -0.39 is 0 Å². The van der Waals surface area contributed by atoms with Crippen molar-refractivity contribution >= 4 is 0 Å². The Labute approximate surface area is 106 Å². The molecule has 0 radical (unpaired) electrons. The molecule has 0 spiro atoms. The minimum atomic E-state index is -0.261. The third kappa shape index (κ3) is 2.72. The van der Waals surface area contributed by atoms with Gasteiger partial charge >= 0.3 is 5.69 Å². The third-order valence-electron chi connectivity index (χ3n) is 3.80. The average molecular weight is 251 g/mol. The van der Waals surface area contributed by atoms with Gasteiger partial charge in [0.05, 0.1) is 0 Å². The average Bonchev–Trinajstić information content (AvgIpc) is 2.40. The van der Waals surface area contributed by atoms with Gasteiger partial charge in [-0.25, -0.2) is 4.79 Å². The molecule has 1 aliphatic rings. The van der Waals surface area contributed by atoms with Crippen LogP contribution >= 0.6 is 0 Å². The molecule has 0 bridgehead atoms. The van der Waals surface area contributed by atoms with Crippen molar-refractivity contribution in [3.8, 4) is 0 Å². The van der Waals surface area contributed by atoms with E-state index in [1.54, 1.807) is 7.05 Å². The summed E-state index contributed by atoms with van der Waals surface area (Å²) >= 11 is 0. The summed E-state index contributed by atoms with van der Waals surface area (Å²) in [4.78, 5) is 23.3. The predicted molar refractivity (Wildman–Crippen MR) is 70.6 cm³/mol. The topological polar surface area (TPSA) is 56.0 Å². The van der Waals surface area contributed by atoms with Crippen LogP contribution in [0.25, 0.3) is 0 Å². The molecule has 0 aromatic carbocycles. The van der Waals surface area contributed by atoms with Gasteiger partial charge in [-0.3, -0.25) is 13.9 Å². The van der Waals surface area contributed by atoms with Crippen LogP contribution in [0.4, 0.5) is 0 Å². The summed E-state index contributed by atoms with van der Waals surface area (Å²) in [5.41, 5.74) is 0.259. The Bertz CT molecular complexity index is 524. The molecule has 0 saturated heterocycles. The number of nitrogens with zero attached hydrogens (tertiary/aromatic N) is 2. The highest BCUT2D eigenvalue weighted by Gasteiger charge is 2.13. The van der Waals surface area contributed by atoms with Crippen LogP contribution in [0.3, 0.4) is 0 Å². The van der Waals surface area contributed by atoms with E-state index in [4.69, 9.17) is 0 Å². The van der Waals surface area contributed by atoms with Gasteiger partial charge < -0.3 is 5.32 Å². The highest BCUT2D eigenvalue weighted by atomic mass is 16.2. The summed E-state index contributed by atoms with van der Waals surface area (Å²) in [5.74, 6) is 0. The standard InChI is InChI=1S/C13H21N3O2/c1-15-11(8-12(17)16(2)13(15)18)9-14-10-6-4-3-5-7-10/h8,10,14H,3-7,9H2,1-2H3. The Morgan fingerprint density at radius 1 is 1.17 bits per heavy atom. The molecule has 1 aromatic rings. The van der Waals surface area contributed by atoms with E-state index in [9.17, 15) is 9.59 Å². The Hall–Kier alpha value is -1.36. The van der Waals surface area contributed by atoms with E-state index >= 15 is 0 Å². The Kier molecular flexibility index (Phi) is 4.01. The normalized spacial score (nSPS) is 17.0. The SMILES string of the molecule is Cn1c(CNC2CCCCC2)cc(=O)n(C)c1=O. The number of hydrogen-bond acceptors (Lipinski definition) is 3. The molecule has 1 heterocycles. The number of rotatable bonds is 3. The van der Waals surface area contributed by atoms with Crippen molar-refractivity contribution in [3.05, 3.63) is 32.6 Å². The lowest BCUT2D eigenvalue weighted by Crippen LogP contribution is -2.40. The monoisotopic (exact) mass is 251 g/mol. The largest absolute Gasteiger partial charge is 0.330 e. The van der Waals surface area contributed by atoms with E-state index in [-0.39, 0.29) is 11.2 Å². The van der Waals surface area contributed by atoms with Crippen LogP contribution in [0.2, 0.25) is 0 Å². The summed E-state index contributed by atoms with van der Waals surface area (Å²) in [6.07, 6.45) is 6.25. The lowest BCUT2D eigenvalue weighted by atomic mass is 9.95. The van der Waals surface area contributed by atoms with Crippen molar-refractivity contribution in [3.63, 3.8) is 0 Å². The van der Waals surface area contributed by atoms with E-state index in [0.717, 1.165) is 10.3 Å². The van der Waals surface area contributed by atoms with Crippen LogP contribution in [-0.2, 0) is 20.6 Å². The fourth-order valence-corrected chi connectivity index (χ4v) is 2.50. The highest BCUT2D eigenvalue weighted by molar-refractivity contribution is 5.02. The second kappa shape index (κ2) is 5.52. The minimum Gasteiger partial charge on any atom is -0.308 e. The number of hydrogen-bond donors (Lipinski definition) is 1. The molecule has 5 heteroatoms. The molecule has 1 aliphatic carbocycles. The van der Waals surface area contributed by atoms with Crippen LogP contribution in [0.1, 0.15) is 37.8 Å². The summed E-state index contributed by atoms with van der Waals surface area (Å²) in [5, 5.41) is 3.44. The molecule has 1 N–H and O–H groups in total. The van der Waals surface area contributed by atoms with E-state index in [1.807, 2.05) is 0 Å². The first-order chi connectivity index (χ1) is 8.59. The van der Waals surface area contributed by atoms with E-state index in [1.165, 1.54) is 49.8 Å². The molecule has 1 aromatic heterocycles. The van der Waals surface area contributed by atoms with E-state index in [0.29, 0.717) is 12.6 Å². The van der Waals surface area contributed by atoms with Gasteiger partial charge in [0.1, 0.15) is 0 Å². The van der Waals surface area contributed by atoms with Gasteiger partial charge in [-0.05, 0) is 12.8 Å².